The molecule has 1 heteroatoms. The molecule has 0 saturated carbocycles. The molecule has 1 nitrogen and oxygen atoms in total. The number of ether oxygens (including phenoxy) is 1. The van der Waals surface area contributed by atoms with E-state index < -0.39 is 0 Å². The van der Waals surface area contributed by atoms with Crippen LogP contribution in [0.4, 0.5) is 0 Å². The molecule has 0 bridgehead atoms. The summed E-state index contributed by atoms with van der Waals surface area (Å²) in [6.07, 6.45) is 14.7. The van der Waals surface area contributed by atoms with Crippen molar-refractivity contribution in [3.05, 3.63) is 55.1 Å². The average Bonchev–Trinajstić information content (AvgIpc) is 2.52. The highest BCUT2D eigenvalue weighted by Gasteiger charge is 2.02. The van der Waals surface area contributed by atoms with Crippen LogP contribution in [0.25, 0.3) is 0 Å². The molecule has 0 spiro atoms. The summed E-state index contributed by atoms with van der Waals surface area (Å²) in [5.41, 5.74) is 1.35. The summed E-state index contributed by atoms with van der Waals surface area (Å²) in [5, 5.41) is 0. The first kappa shape index (κ1) is 17.6. The zero-order valence-corrected chi connectivity index (χ0v) is 13.4. The van der Waals surface area contributed by atoms with Crippen LogP contribution >= 0.6 is 0 Å². The third kappa shape index (κ3) is 8.39. The van der Waals surface area contributed by atoms with E-state index in [4.69, 9.17) is 4.74 Å². The van der Waals surface area contributed by atoms with Crippen LogP contribution in [-0.4, -0.2) is 6.61 Å². The van der Waals surface area contributed by atoms with Gasteiger partial charge in [-0.15, -0.1) is 13.2 Å². The van der Waals surface area contributed by atoms with Crippen LogP contribution in [0.1, 0.15) is 56.9 Å². The predicted octanol–water partition coefficient (Wildman–Crippen LogP) is 6.10. The van der Waals surface area contributed by atoms with Crippen molar-refractivity contribution >= 4 is 0 Å². The number of benzene rings is 1. The Bertz CT molecular complexity index is 395. The Morgan fingerprint density at radius 2 is 1.48 bits per heavy atom. The summed E-state index contributed by atoms with van der Waals surface area (Å²) in [5.74, 6) is 1.07. The van der Waals surface area contributed by atoms with Gasteiger partial charge in [0.05, 0.1) is 6.61 Å². The molecule has 21 heavy (non-hydrogen) atoms. The van der Waals surface area contributed by atoms with Gasteiger partial charge in [-0.2, -0.15) is 0 Å². The Labute approximate surface area is 130 Å². The Balaban J connectivity index is 2.26. The maximum Gasteiger partial charge on any atom is 0.122 e. The zero-order valence-electron chi connectivity index (χ0n) is 13.4. The maximum absolute atomic E-state index is 5.95. The van der Waals surface area contributed by atoms with Gasteiger partial charge in [-0.1, -0.05) is 36.8 Å². The molecular formula is C20H30O. The number of aryl methyl sites for hydroxylation is 1. The summed E-state index contributed by atoms with van der Waals surface area (Å²) in [6, 6.07) is 8.47. The van der Waals surface area contributed by atoms with Crippen molar-refractivity contribution < 1.29 is 4.74 Å². The van der Waals surface area contributed by atoms with Crippen LogP contribution in [0.3, 0.4) is 0 Å². The zero-order chi connectivity index (χ0) is 15.2. The van der Waals surface area contributed by atoms with Gasteiger partial charge in [-0.25, -0.2) is 0 Å². The van der Waals surface area contributed by atoms with Crippen molar-refractivity contribution in [1.29, 1.82) is 0 Å². The van der Waals surface area contributed by atoms with Crippen molar-refractivity contribution in [3.63, 3.8) is 0 Å². The molecule has 0 aromatic heterocycles. The second-order valence-corrected chi connectivity index (χ2v) is 5.48. The fraction of sp³-hybridized carbons (Fsp3) is 0.500. The molecule has 0 aliphatic carbocycles. The van der Waals surface area contributed by atoms with Gasteiger partial charge in [0.2, 0.25) is 0 Å². The lowest BCUT2D eigenvalue weighted by Crippen LogP contribution is -2.00. The summed E-state index contributed by atoms with van der Waals surface area (Å²) in [6.45, 7) is 8.34. The lowest BCUT2D eigenvalue weighted by molar-refractivity contribution is 0.302. The minimum Gasteiger partial charge on any atom is -0.493 e. The first-order valence-electron chi connectivity index (χ1n) is 8.31. The first-order valence-corrected chi connectivity index (χ1v) is 8.31. The molecule has 0 radical (unpaired) electrons. The minimum atomic E-state index is 0.824. The Morgan fingerprint density at radius 3 is 2.19 bits per heavy atom. The topological polar surface area (TPSA) is 9.23 Å². The highest BCUT2D eigenvalue weighted by atomic mass is 16.5. The first-order chi connectivity index (χ1) is 10.4. The molecule has 0 amide bonds. The maximum atomic E-state index is 5.95. The van der Waals surface area contributed by atoms with Gasteiger partial charge in [0.25, 0.3) is 0 Å². The van der Waals surface area contributed by atoms with Crippen LogP contribution in [0.5, 0.6) is 5.75 Å². The summed E-state index contributed by atoms with van der Waals surface area (Å²) < 4.78 is 5.95. The molecule has 0 saturated heterocycles. The molecule has 116 valence electrons. The van der Waals surface area contributed by atoms with Gasteiger partial charge in [0.15, 0.2) is 0 Å². The standard InChI is InChI=1S/C20H30O/c1-3-5-7-9-11-15-19-16-12-13-17-20(19)21-18-14-10-8-6-4-2/h3-4,12-13,16-17H,1-2,5-11,14-15,18H2. The monoisotopic (exact) mass is 286 g/mol. The minimum absolute atomic E-state index is 0.824. The van der Waals surface area contributed by atoms with Gasteiger partial charge in [0, 0.05) is 0 Å². The van der Waals surface area contributed by atoms with Crippen molar-refractivity contribution in [1.82, 2.24) is 0 Å². The number of unbranched alkanes of at least 4 members (excludes halogenated alkanes) is 6. The number of para-hydroxylation sites is 1. The molecule has 0 aliphatic heterocycles. The highest BCUT2D eigenvalue weighted by molar-refractivity contribution is 5.33. The Hall–Kier alpha value is -1.50. The predicted molar refractivity (Wildman–Crippen MR) is 93.0 cm³/mol. The fourth-order valence-corrected chi connectivity index (χ4v) is 2.38. The van der Waals surface area contributed by atoms with Crippen LogP contribution in [0.15, 0.2) is 49.6 Å². The Morgan fingerprint density at radius 1 is 0.810 bits per heavy atom. The third-order valence-corrected chi connectivity index (χ3v) is 3.64. The molecule has 0 heterocycles. The molecule has 1 aromatic rings. The molecule has 0 unspecified atom stereocenters. The number of rotatable bonds is 13. The van der Waals surface area contributed by atoms with Crippen LogP contribution in [0, 0.1) is 0 Å². The van der Waals surface area contributed by atoms with E-state index in [1.807, 2.05) is 12.2 Å². The molecule has 1 rings (SSSR count). The van der Waals surface area contributed by atoms with E-state index in [1.165, 1.54) is 37.7 Å². The molecule has 0 aliphatic rings. The molecule has 0 fully saturated rings. The van der Waals surface area contributed by atoms with E-state index in [0.717, 1.165) is 38.0 Å². The highest BCUT2D eigenvalue weighted by Crippen LogP contribution is 2.21. The SMILES string of the molecule is C=CCCCCCOc1ccccc1CCCCCC=C. The van der Waals surface area contributed by atoms with Crippen LogP contribution < -0.4 is 4.74 Å². The number of allylic oxidation sites excluding steroid dienone is 2. The van der Waals surface area contributed by atoms with Crippen molar-refractivity contribution in [3.8, 4) is 5.75 Å². The quantitative estimate of drug-likeness (QED) is 0.314. The fourth-order valence-electron chi connectivity index (χ4n) is 2.38. The summed E-state index contributed by atoms with van der Waals surface area (Å²) in [4.78, 5) is 0. The van der Waals surface area contributed by atoms with Gasteiger partial charge >= 0.3 is 0 Å². The third-order valence-electron chi connectivity index (χ3n) is 3.64. The molecule has 0 atom stereocenters. The van der Waals surface area contributed by atoms with E-state index in [-0.39, 0.29) is 0 Å². The normalized spacial score (nSPS) is 10.3. The summed E-state index contributed by atoms with van der Waals surface area (Å²) in [7, 11) is 0. The molecule has 0 N–H and O–H groups in total. The second kappa shape index (κ2) is 12.3. The molecular weight excluding hydrogens is 256 g/mol. The van der Waals surface area contributed by atoms with Crippen LogP contribution in [0.2, 0.25) is 0 Å². The van der Waals surface area contributed by atoms with Gasteiger partial charge in [0.1, 0.15) is 5.75 Å². The van der Waals surface area contributed by atoms with E-state index in [0.29, 0.717) is 0 Å². The molecule has 1 aromatic carbocycles. The smallest absolute Gasteiger partial charge is 0.122 e. The van der Waals surface area contributed by atoms with E-state index in [9.17, 15) is 0 Å². The van der Waals surface area contributed by atoms with Gasteiger partial charge < -0.3 is 4.74 Å². The van der Waals surface area contributed by atoms with E-state index in [2.05, 4.69) is 37.4 Å². The summed E-state index contributed by atoms with van der Waals surface area (Å²) >= 11 is 0. The number of hydrogen-bond acceptors (Lipinski definition) is 1. The average molecular weight is 286 g/mol. The van der Waals surface area contributed by atoms with Crippen molar-refractivity contribution in [2.75, 3.05) is 6.61 Å². The van der Waals surface area contributed by atoms with Gasteiger partial charge in [-0.3, -0.25) is 0 Å². The van der Waals surface area contributed by atoms with E-state index in [1.54, 1.807) is 0 Å². The number of hydrogen-bond donors (Lipinski definition) is 0. The van der Waals surface area contributed by atoms with Crippen molar-refractivity contribution in [2.45, 2.75) is 57.8 Å². The second-order valence-electron chi connectivity index (χ2n) is 5.48. The van der Waals surface area contributed by atoms with Crippen LogP contribution in [-0.2, 0) is 6.42 Å². The largest absolute Gasteiger partial charge is 0.493 e. The van der Waals surface area contributed by atoms with Gasteiger partial charge in [-0.05, 0) is 63.0 Å². The lowest BCUT2D eigenvalue weighted by Gasteiger charge is -2.11. The Kier molecular flexibility index (Phi) is 10.2. The van der Waals surface area contributed by atoms with Crippen molar-refractivity contribution in [2.24, 2.45) is 0 Å². The lowest BCUT2D eigenvalue weighted by atomic mass is 10.1. The van der Waals surface area contributed by atoms with E-state index >= 15 is 0 Å².